The molecule has 128 valence electrons. The third-order valence-electron chi connectivity index (χ3n) is 5.43. The van der Waals surface area contributed by atoms with Crippen LogP contribution in [0.2, 0.25) is 0 Å². The Bertz CT molecular complexity index is 803. The van der Waals surface area contributed by atoms with Crippen LogP contribution in [0.5, 0.6) is 0 Å². The first kappa shape index (κ1) is 14.8. The summed E-state index contributed by atoms with van der Waals surface area (Å²) in [5, 5.41) is 4.14. The number of carbonyl (C=O) groups excluding carboxylic acids is 2. The van der Waals surface area contributed by atoms with Crippen molar-refractivity contribution in [1.29, 1.82) is 0 Å². The molecule has 2 unspecified atom stereocenters. The number of para-hydroxylation sites is 1. The minimum Gasteiger partial charge on any atom is -0.361 e. The van der Waals surface area contributed by atoms with Crippen molar-refractivity contribution >= 4 is 17.5 Å². The van der Waals surface area contributed by atoms with Crippen molar-refractivity contribution in [2.45, 2.75) is 25.3 Å². The summed E-state index contributed by atoms with van der Waals surface area (Å²) in [5.74, 6) is 0.855. The molecule has 2 atom stereocenters. The van der Waals surface area contributed by atoms with Crippen molar-refractivity contribution in [2.24, 2.45) is 11.8 Å². The van der Waals surface area contributed by atoms with Gasteiger partial charge in [0, 0.05) is 31.6 Å². The molecular weight excluding hydrogens is 318 g/mol. The molecule has 1 aromatic heterocycles. The van der Waals surface area contributed by atoms with Crippen LogP contribution < -0.4 is 4.90 Å². The molecule has 1 aliphatic carbocycles. The Labute approximate surface area is 145 Å². The molecule has 0 spiro atoms. The van der Waals surface area contributed by atoms with E-state index in [0.717, 1.165) is 11.5 Å². The first-order valence-electron chi connectivity index (χ1n) is 8.81. The van der Waals surface area contributed by atoms with Gasteiger partial charge in [0.2, 0.25) is 11.8 Å². The van der Waals surface area contributed by atoms with E-state index in [1.807, 2.05) is 36.4 Å². The summed E-state index contributed by atoms with van der Waals surface area (Å²) in [6, 6.07) is 11.2. The van der Waals surface area contributed by atoms with E-state index in [9.17, 15) is 9.59 Å². The average Bonchev–Trinajstić information content (AvgIpc) is 3.15. The highest BCUT2D eigenvalue weighted by molar-refractivity contribution is 6.22. The Morgan fingerprint density at radius 1 is 1.04 bits per heavy atom. The fraction of sp³-hybridized carbons (Fsp3) is 0.421. The number of likely N-dealkylation sites (tertiary alicyclic amines) is 1. The number of rotatable bonds is 4. The zero-order valence-corrected chi connectivity index (χ0v) is 13.8. The number of aromatic nitrogens is 1. The molecule has 1 aromatic carbocycles. The molecule has 0 N–H and O–H groups in total. The highest BCUT2D eigenvalue weighted by atomic mass is 16.5. The molecule has 0 bridgehead atoms. The molecule has 5 rings (SSSR count). The number of anilines is 1. The monoisotopic (exact) mass is 337 g/mol. The molecular formula is C19H19N3O3. The van der Waals surface area contributed by atoms with E-state index in [4.69, 9.17) is 4.52 Å². The van der Waals surface area contributed by atoms with E-state index >= 15 is 0 Å². The van der Waals surface area contributed by atoms with Crippen LogP contribution in [0.3, 0.4) is 0 Å². The topological polar surface area (TPSA) is 66.7 Å². The van der Waals surface area contributed by atoms with E-state index in [1.54, 1.807) is 0 Å². The van der Waals surface area contributed by atoms with Crippen LogP contribution in [0.25, 0.3) is 0 Å². The second-order valence-electron chi connectivity index (χ2n) is 7.25. The highest BCUT2D eigenvalue weighted by Gasteiger charge is 2.52. The van der Waals surface area contributed by atoms with Crippen molar-refractivity contribution in [3.8, 4) is 0 Å². The third kappa shape index (κ3) is 2.48. The largest absolute Gasteiger partial charge is 0.361 e. The van der Waals surface area contributed by atoms with Gasteiger partial charge in [0.1, 0.15) is 5.76 Å². The SMILES string of the molecule is O=C1C2CN(Cc3cc(C4CC4)on3)CC2C(=O)N1c1ccccc1. The normalized spacial score (nSPS) is 26.5. The van der Waals surface area contributed by atoms with Gasteiger partial charge in [-0.25, -0.2) is 4.90 Å². The third-order valence-corrected chi connectivity index (χ3v) is 5.43. The number of imide groups is 1. The van der Waals surface area contributed by atoms with Crippen molar-refractivity contribution < 1.29 is 14.1 Å². The second kappa shape index (κ2) is 5.52. The van der Waals surface area contributed by atoms with Gasteiger partial charge >= 0.3 is 0 Å². The summed E-state index contributed by atoms with van der Waals surface area (Å²) in [6.45, 7) is 1.84. The lowest BCUT2D eigenvalue weighted by atomic mass is 10.00. The van der Waals surface area contributed by atoms with Gasteiger partial charge < -0.3 is 4.52 Å². The molecule has 3 heterocycles. The van der Waals surface area contributed by atoms with Crippen LogP contribution in [-0.4, -0.2) is 35.0 Å². The number of nitrogens with zero attached hydrogens (tertiary/aromatic N) is 3. The van der Waals surface area contributed by atoms with Crippen LogP contribution >= 0.6 is 0 Å². The van der Waals surface area contributed by atoms with Crippen LogP contribution in [0, 0.1) is 11.8 Å². The van der Waals surface area contributed by atoms with Crippen LogP contribution in [-0.2, 0) is 16.1 Å². The lowest BCUT2D eigenvalue weighted by Gasteiger charge is -2.19. The number of amides is 2. The fourth-order valence-corrected chi connectivity index (χ4v) is 3.98. The van der Waals surface area contributed by atoms with Gasteiger partial charge in [0.25, 0.3) is 0 Å². The van der Waals surface area contributed by atoms with E-state index in [0.29, 0.717) is 31.2 Å². The van der Waals surface area contributed by atoms with Gasteiger partial charge in [-0.3, -0.25) is 14.5 Å². The summed E-state index contributed by atoms with van der Waals surface area (Å²) in [7, 11) is 0. The van der Waals surface area contributed by atoms with E-state index < -0.39 is 0 Å². The van der Waals surface area contributed by atoms with Gasteiger partial charge in [0.15, 0.2) is 0 Å². The van der Waals surface area contributed by atoms with Gasteiger partial charge in [-0.2, -0.15) is 0 Å². The minimum absolute atomic E-state index is 0.0810. The molecule has 3 fully saturated rings. The smallest absolute Gasteiger partial charge is 0.239 e. The molecule has 2 amide bonds. The fourth-order valence-electron chi connectivity index (χ4n) is 3.98. The van der Waals surface area contributed by atoms with Gasteiger partial charge in [-0.1, -0.05) is 23.4 Å². The Morgan fingerprint density at radius 2 is 1.72 bits per heavy atom. The zero-order chi connectivity index (χ0) is 17.0. The lowest BCUT2D eigenvalue weighted by molar-refractivity contribution is -0.123. The maximum absolute atomic E-state index is 12.7. The van der Waals surface area contributed by atoms with E-state index in [1.165, 1.54) is 17.7 Å². The standard InChI is InChI=1S/C19H19N3O3/c23-18-15-10-21(9-13-8-17(25-20-13)12-6-7-12)11-16(15)19(24)22(18)14-4-2-1-3-5-14/h1-5,8,12,15-16H,6-7,9-11H2. The van der Waals surface area contributed by atoms with E-state index in [-0.39, 0.29) is 23.7 Å². The van der Waals surface area contributed by atoms with Crippen molar-refractivity contribution in [2.75, 3.05) is 18.0 Å². The quantitative estimate of drug-likeness (QED) is 0.800. The minimum atomic E-state index is -0.248. The Hall–Kier alpha value is -2.47. The summed E-state index contributed by atoms with van der Waals surface area (Å²) >= 11 is 0. The summed E-state index contributed by atoms with van der Waals surface area (Å²) in [4.78, 5) is 29.0. The molecule has 1 saturated carbocycles. The predicted octanol–water partition coefficient (Wildman–Crippen LogP) is 2.17. The van der Waals surface area contributed by atoms with Crippen molar-refractivity contribution in [1.82, 2.24) is 10.1 Å². The number of hydrogen-bond acceptors (Lipinski definition) is 5. The van der Waals surface area contributed by atoms with Crippen molar-refractivity contribution in [3.63, 3.8) is 0 Å². The van der Waals surface area contributed by atoms with Crippen LogP contribution in [0.1, 0.15) is 30.2 Å². The molecule has 3 aliphatic rings. The highest BCUT2D eigenvalue weighted by Crippen LogP contribution is 2.41. The number of carbonyl (C=O) groups is 2. The maximum Gasteiger partial charge on any atom is 0.239 e. The molecule has 2 saturated heterocycles. The number of fused-ring (bicyclic) bond motifs is 1. The van der Waals surface area contributed by atoms with Gasteiger partial charge in [-0.05, 0) is 25.0 Å². The first-order chi connectivity index (χ1) is 12.2. The number of hydrogen-bond donors (Lipinski definition) is 0. The Kier molecular flexibility index (Phi) is 3.28. The van der Waals surface area contributed by atoms with Gasteiger partial charge in [0.05, 0.1) is 23.2 Å². The van der Waals surface area contributed by atoms with Crippen LogP contribution in [0.15, 0.2) is 40.9 Å². The summed E-state index contributed by atoms with van der Waals surface area (Å²) < 4.78 is 5.39. The van der Waals surface area contributed by atoms with Gasteiger partial charge in [-0.15, -0.1) is 0 Å². The predicted molar refractivity (Wildman–Crippen MR) is 89.7 cm³/mol. The molecule has 0 radical (unpaired) electrons. The number of benzene rings is 1. The average molecular weight is 337 g/mol. The van der Waals surface area contributed by atoms with E-state index in [2.05, 4.69) is 10.1 Å². The molecule has 2 aliphatic heterocycles. The van der Waals surface area contributed by atoms with Crippen LogP contribution in [0.4, 0.5) is 5.69 Å². The molecule has 6 heteroatoms. The second-order valence-corrected chi connectivity index (χ2v) is 7.25. The zero-order valence-electron chi connectivity index (χ0n) is 13.8. The molecule has 25 heavy (non-hydrogen) atoms. The first-order valence-corrected chi connectivity index (χ1v) is 8.81. The molecule has 2 aromatic rings. The Balaban J connectivity index is 1.29. The van der Waals surface area contributed by atoms with Crippen molar-refractivity contribution in [3.05, 3.63) is 47.9 Å². The maximum atomic E-state index is 12.7. The summed E-state index contributed by atoms with van der Waals surface area (Å²) in [6.07, 6.45) is 2.36. The summed E-state index contributed by atoms with van der Waals surface area (Å²) in [5.41, 5.74) is 1.56. The molecule has 6 nitrogen and oxygen atoms in total. The Morgan fingerprint density at radius 3 is 2.36 bits per heavy atom. The lowest BCUT2D eigenvalue weighted by Crippen LogP contribution is -2.35.